The predicted octanol–water partition coefficient (Wildman–Crippen LogP) is 5.81. The molecule has 3 aromatic rings. The largest absolute Gasteiger partial charge is 0.435 e. The van der Waals surface area contributed by atoms with Gasteiger partial charge in [-0.2, -0.15) is 26.3 Å². The van der Waals surface area contributed by atoms with Crippen LogP contribution in [0.5, 0.6) is 0 Å². The Kier molecular flexibility index (Phi) is 7.87. The topological polar surface area (TPSA) is 88.6 Å². The lowest BCUT2D eigenvalue weighted by atomic mass is 9.77. The van der Waals surface area contributed by atoms with E-state index in [-0.39, 0.29) is 41.5 Å². The van der Waals surface area contributed by atoms with Gasteiger partial charge in [-0.25, -0.2) is 25.6 Å². The Bertz CT molecular complexity index is 1830. The second kappa shape index (κ2) is 10.8. The summed E-state index contributed by atoms with van der Waals surface area (Å²) in [6, 6.07) is 10.4. The van der Waals surface area contributed by atoms with E-state index >= 15 is 0 Å². The Labute approximate surface area is 252 Å². The number of benzene rings is 3. The average Bonchev–Trinajstić information content (AvgIpc) is 3.38. The number of alkyl halides is 7. The molecule has 0 saturated carbocycles. The Balaban J connectivity index is 1.65. The summed E-state index contributed by atoms with van der Waals surface area (Å²) in [5.74, 6) is -2.82. The fourth-order valence-corrected chi connectivity index (χ4v) is 9.91. The van der Waals surface area contributed by atoms with Crippen LogP contribution in [0.2, 0.25) is 0 Å². The summed E-state index contributed by atoms with van der Waals surface area (Å²) in [5, 5.41) is 0. The lowest BCUT2D eigenvalue weighted by Gasteiger charge is -2.43. The van der Waals surface area contributed by atoms with Crippen molar-refractivity contribution in [3.63, 3.8) is 0 Å². The summed E-state index contributed by atoms with van der Waals surface area (Å²) in [5.41, 5.74) is -8.15. The van der Waals surface area contributed by atoms with Crippen molar-refractivity contribution in [1.82, 2.24) is 4.90 Å². The molecule has 6 nitrogen and oxygen atoms in total. The van der Waals surface area contributed by atoms with Crippen molar-refractivity contribution < 1.29 is 56.8 Å². The van der Waals surface area contributed by atoms with Crippen LogP contribution in [0.4, 0.5) is 35.1 Å². The molecule has 3 aromatic carbocycles. The van der Waals surface area contributed by atoms with E-state index in [1.807, 2.05) is 0 Å². The van der Waals surface area contributed by atoms with Gasteiger partial charge in [0.2, 0.25) is 5.91 Å². The van der Waals surface area contributed by atoms with Crippen LogP contribution < -0.4 is 0 Å². The van der Waals surface area contributed by atoms with Gasteiger partial charge in [-0.3, -0.25) is 4.79 Å². The number of hydrogen-bond acceptors (Lipinski definition) is 5. The van der Waals surface area contributed by atoms with Crippen LogP contribution in [0, 0.1) is 5.82 Å². The minimum Gasteiger partial charge on any atom is -0.337 e. The van der Waals surface area contributed by atoms with Crippen molar-refractivity contribution in [2.24, 2.45) is 0 Å². The number of likely N-dealkylation sites (tertiary alicyclic amines) is 1. The lowest BCUT2D eigenvalue weighted by Crippen LogP contribution is -2.53. The van der Waals surface area contributed by atoms with Gasteiger partial charge in [0.1, 0.15) is 16.3 Å². The second-order valence-corrected chi connectivity index (χ2v) is 15.0. The summed E-state index contributed by atoms with van der Waals surface area (Å²) in [6.07, 6.45) is -13.9. The Morgan fingerprint density at radius 3 is 2.00 bits per heavy atom. The highest BCUT2D eigenvalue weighted by Crippen LogP contribution is 2.56. The third kappa shape index (κ3) is 5.09. The van der Waals surface area contributed by atoms with Crippen molar-refractivity contribution in [3.05, 3.63) is 95.3 Å². The number of halogens is 8. The number of nitrogens with zero attached hydrogens (tertiary/aromatic N) is 1. The SMILES string of the molecule is O=C(CS(=O)(=O)c1ccccc1)N1CC[C@@]2(S(=O)(=O)c3ccc(F)cc3)c3ccc(C(F)(C(F)(F)F)C(F)(F)F)cc3CC[C@@H]12. The first-order valence-electron chi connectivity index (χ1n) is 13.3. The van der Waals surface area contributed by atoms with E-state index in [0.717, 1.165) is 29.2 Å². The fraction of sp³-hybridized carbons (Fsp3) is 0.345. The summed E-state index contributed by atoms with van der Waals surface area (Å²) in [7, 11) is -8.90. The van der Waals surface area contributed by atoms with Crippen LogP contribution in [0.1, 0.15) is 29.5 Å². The normalized spacial score (nSPS) is 20.9. The number of rotatable bonds is 6. The van der Waals surface area contributed by atoms with Crippen LogP contribution in [-0.4, -0.2) is 58.3 Å². The molecule has 5 rings (SSSR count). The number of fused-ring (bicyclic) bond motifs is 3. The molecule has 0 unspecified atom stereocenters. The molecule has 0 aromatic heterocycles. The van der Waals surface area contributed by atoms with Crippen LogP contribution in [0.3, 0.4) is 0 Å². The molecule has 0 bridgehead atoms. The zero-order valence-corrected chi connectivity index (χ0v) is 24.5. The number of sulfone groups is 2. The van der Waals surface area contributed by atoms with Crippen molar-refractivity contribution in [2.75, 3.05) is 12.3 Å². The summed E-state index contributed by atoms with van der Waals surface area (Å²) >= 11 is 0. The maximum Gasteiger partial charge on any atom is 0.435 e. The standard InChI is InChI=1S/C29H23F8NO5S2/c30-20-8-10-22(11-9-20)45(42,43)26-14-15-38(25(39)17-44(40,41)21-4-2-1-3-5-21)24(26)13-6-18-16-19(7-12-23(18)26)27(31,28(32,33)34)29(35,36)37/h1-5,7-12,16,24H,6,13-15,17H2/t24-,26-/m1/s1. The highest BCUT2D eigenvalue weighted by Gasteiger charge is 2.74. The highest BCUT2D eigenvalue weighted by molar-refractivity contribution is 7.92. The Morgan fingerprint density at radius 2 is 1.42 bits per heavy atom. The molecular weight excluding hydrogens is 658 g/mol. The van der Waals surface area contributed by atoms with Gasteiger partial charge in [-0.05, 0) is 66.8 Å². The molecule has 1 amide bonds. The smallest absolute Gasteiger partial charge is 0.337 e. The summed E-state index contributed by atoms with van der Waals surface area (Å²) < 4.78 is 162. The highest BCUT2D eigenvalue weighted by atomic mass is 32.2. The lowest BCUT2D eigenvalue weighted by molar-refractivity contribution is -0.348. The van der Waals surface area contributed by atoms with Crippen LogP contribution >= 0.6 is 0 Å². The second-order valence-electron chi connectivity index (χ2n) is 10.8. The van der Waals surface area contributed by atoms with Crippen LogP contribution in [0.25, 0.3) is 0 Å². The molecule has 16 heteroatoms. The third-order valence-electron chi connectivity index (χ3n) is 8.41. The van der Waals surface area contributed by atoms with Crippen molar-refractivity contribution in [3.8, 4) is 0 Å². The molecule has 2 aliphatic rings. The van der Waals surface area contributed by atoms with Gasteiger partial charge in [-0.15, -0.1) is 0 Å². The first-order valence-corrected chi connectivity index (χ1v) is 16.4. The first-order chi connectivity index (χ1) is 20.8. The average molecular weight is 682 g/mol. The Morgan fingerprint density at radius 1 is 0.822 bits per heavy atom. The van der Waals surface area contributed by atoms with E-state index in [0.29, 0.717) is 12.1 Å². The molecule has 1 fully saturated rings. The van der Waals surface area contributed by atoms with Crippen molar-refractivity contribution >= 4 is 25.6 Å². The minimum absolute atomic E-state index is 0.173. The van der Waals surface area contributed by atoms with Gasteiger partial charge >= 0.3 is 18.0 Å². The van der Waals surface area contributed by atoms with Gasteiger partial charge in [0, 0.05) is 12.1 Å². The molecule has 1 aliphatic carbocycles. The molecule has 1 saturated heterocycles. The number of aryl methyl sites for hydroxylation is 1. The number of amides is 1. The molecular formula is C29H23F8NO5S2. The zero-order chi connectivity index (χ0) is 33.2. The Hall–Kier alpha value is -3.53. The predicted molar refractivity (Wildman–Crippen MR) is 144 cm³/mol. The maximum absolute atomic E-state index is 15.0. The molecule has 242 valence electrons. The van der Waals surface area contributed by atoms with Gasteiger partial charge in [0.05, 0.1) is 15.8 Å². The van der Waals surface area contributed by atoms with E-state index < -0.39 is 82.8 Å². The van der Waals surface area contributed by atoms with Gasteiger partial charge in [-0.1, -0.05) is 36.4 Å². The molecule has 2 atom stereocenters. The van der Waals surface area contributed by atoms with Gasteiger partial charge in [0.15, 0.2) is 19.7 Å². The fourth-order valence-electron chi connectivity index (χ4n) is 6.31. The molecule has 45 heavy (non-hydrogen) atoms. The van der Waals surface area contributed by atoms with Gasteiger partial charge in [0.25, 0.3) is 0 Å². The van der Waals surface area contributed by atoms with E-state index in [1.165, 1.54) is 24.3 Å². The van der Waals surface area contributed by atoms with Crippen LogP contribution in [0.15, 0.2) is 82.6 Å². The first kappa shape index (κ1) is 32.9. The van der Waals surface area contributed by atoms with E-state index in [4.69, 9.17) is 0 Å². The summed E-state index contributed by atoms with van der Waals surface area (Å²) in [6.45, 7) is -0.340. The molecule has 1 aliphatic heterocycles. The molecule has 0 spiro atoms. The number of carbonyl (C=O) groups is 1. The van der Waals surface area contributed by atoms with Crippen LogP contribution in [-0.2, 0) is 41.3 Å². The summed E-state index contributed by atoms with van der Waals surface area (Å²) in [4.78, 5) is 13.9. The molecule has 0 radical (unpaired) electrons. The quantitative estimate of drug-likeness (QED) is 0.242. The number of hydrogen-bond donors (Lipinski definition) is 0. The third-order valence-corrected chi connectivity index (χ3v) is 12.6. The maximum atomic E-state index is 15.0. The molecule has 1 heterocycles. The van der Waals surface area contributed by atoms with E-state index in [1.54, 1.807) is 6.07 Å². The van der Waals surface area contributed by atoms with Crippen molar-refractivity contribution in [2.45, 2.75) is 57.9 Å². The van der Waals surface area contributed by atoms with Gasteiger partial charge < -0.3 is 4.90 Å². The van der Waals surface area contributed by atoms with Crippen molar-refractivity contribution in [1.29, 1.82) is 0 Å². The molecule has 0 N–H and O–H groups in total. The monoisotopic (exact) mass is 681 g/mol. The minimum atomic E-state index is -6.41. The van der Waals surface area contributed by atoms with E-state index in [9.17, 15) is 56.8 Å². The zero-order valence-electron chi connectivity index (χ0n) is 22.9. The van der Waals surface area contributed by atoms with E-state index in [2.05, 4.69) is 0 Å². The number of carbonyl (C=O) groups excluding carboxylic acids is 1.